The normalized spacial score (nSPS) is 11.9. The van der Waals surface area contributed by atoms with Crippen LogP contribution in [-0.2, 0) is 4.79 Å². The minimum Gasteiger partial charge on any atom is -0.480 e. The largest absolute Gasteiger partial charge is 0.480 e. The number of benzene rings is 2. The maximum Gasteiger partial charge on any atom is 0.265 e. The van der Waals surface area contributed by atoms with Crippen LogP contribution in [0.3, 0.4) is 0 Å². The molecule has 0 aromatic heterocycles. The summed E-state index contributed by atoms with van der Waals surface area (Å²) < 4.78 is 6.58. The van der Waals surface area contributed by atoms with Crippen molar-refractivity contribution in [3.05, 3.63) is 57.6 Å². The van der Waals surface area contributed by atoms with Gasteiger partial charge in [0.1, 0.15) is 5.75 Å². The number of hydrogen-bond donors (Lipinski definition) is 1. The zero-order valence-corrected chi connectivity index (χ0v) is 14.8. The van der Waals surface area contributed by atoms with Gasteiger partial charge in [-0.3, -0.25) is 4.79 Å². The first-order chi connectivity index (χ1) is 10.4. The molecule has 0 spiro atoms. The highest BCUT2D eigenvalue weighted by Crippen LogP contribution is 2.27. The molecule has 22 heavy (non-hydrogen) atoms. The molecule has 2 rings (SSSR count). The lowest BCUT2D eigenvalue weighted by Crippen LogP contribution is -2.30. The average molecular weight is 362 g/mol. The van der Waals surface area contributed by atoms with Gasteiger partial charge in [-0.05, 0) is 73.0 Å². The van der Waals surface area contributed by atoms with Crippen LogP contribution in [0.1, 0.15) is 23.6 Å². The standard InChI is InChI=1S/C18H20BrNO2/c1-11-5-7-16(13(3)9-11)20-18(21)14(4)22-17-8-6-12(2)10-15(17)19/h5-10,14H,1-4H3,(H,20,21)/t14-/m1/s1. The van der Waals surface area contributed by atoms with E-state index in [2.05, 4.69) is 21.2 Å². The Kier molecular flexibility index (Phi) is 5.24. The molecule has 2 aromatic carbocycles. The predicted molar refractivity (Wildman–Crippen MR) is 93.5 cm³/mol. The highest BCUT2D eigenvalue weighted by molar-refractivity contribution is 9.10. The molecular weight excluding hydrogens is 342 g/mol. The first-order valence-electron chi connectivity index (χ1n) is 7.18. The van der Waals surface area contributed by atoms with Crippen molar-refractivity contribution in [3.63, 3.8) is 0 Å². The van der Waals surface area contributed by atoms with E-state index in [-0.39, 0.29) is 5.91 Å². The summed E-state index contributed by atoms with van der Waals surface area (Å²) in [5, 5.41) is 2.91. The number of carbonyl (C=O) groups is 1. The Morgan fingerprint density at radius 1 is 1.09 bits per heavy atom. The summed E-state index contributed by atoms with van der Waals surface area (Å²) in [5.41, 5.74) is 4.15. The molecule has 0 bridgehead atoms. The van der Waals surface area contributed by atoms with Gasteiger partial charge in [0, 0.05) is 5.69 Å². The molecule has 1 atom stereocenters. The van der Waals surface area contributed by atoms with E-state index >= 15 is 0 Å². The number of rotatable bonds is 4. The van der Waals surface area contributed by atoms with E-state index in [0.717, 1.165) is 21.3 Å². The summed E-state index contributed by atoms with van der Waals surface area (Å²) in [6, 6.07) is 11.7. The highest BCUT2D eigenvalue weighted by atomic mass is 79.9. The van der Waals surface area contributed by atoms with Crippen LogP contribution in [0, 0.1) is 20.8 Å². The highest BCUT2D eigenvalue weighted by Gasteiger charge is 2.17. The Morgan fingerprint density at radius 3 is 2.36 bits per heavy atom. The molecule has 0 aliphatic rings. The van der Waals surface area contributed by atoms with Crippen molar-refractivity contribution < 1.29 is 9.53 Å². The van der Waals surface area contributed by atoms with E-state index in [1.54, 1.807) is 6.92 Å². The van der Waals surface area contributed by atoms with E-state index in [1.165, 1.54) is 5.56 Å². The molecule has 1 N–H and O–H groups in total. The summed E-state index contributed by atoms with van der Waals surface area (Å²) in [5.74, 6) is 0.494. The molecule has 1 amide bonds. The average Bonchev–Trinajstić information content (AvgIpc) is 2.44. The van der Waals surface area contributed by atoms with Crippen LogP contribution in [-0.4, -0.2) is 12.0 Å². The third-order valence-electron chi connectivity index (χ3n) is 3.40. The van der Waals surface area contributed by atoms with E-state index < -0.39 is 6.10 Å². The number of halogens is 1. The number of anilines is 1. The fourth-order valence-electron chi connectivity index (χ4n) is 2.13. The molecule has 0 saturated heterocycles. The summed E-state index contributed by atoms with van der Waals surface area (Å²) in [7, 11) is 0. The Balaban J connectivity index is 2.05. The van der Waals surface area contributed by atoms with Crippen molar-refractivity contribution in [2.45, 2.75) is 33.8 Å². The second-order valence-electron chi connectivity index (χ2n) is 5.50. The maximum absolute atomic E-state index is 12.3. The smallest absolute Gasteiger partial charge is 0.265 e. The van der Waals surface area contributed by atoms with E-state index in [1.807, 2.05) is 57.2 Å². The lowest BCUT2D eigenvalue weighted by molar-refractivity contribution is -0.122. The fourth-order valence-corrected chi connectivity index (χ4v) is 2.72. The van der Waals surface area contributed by atoms with Crippen molar-refractivity contribution in [1.29, 1.82) is 0 Å². The molecular formula is C18H20BrNO2. The van der Waals surface area contributed by atoms with Crippen LogP contribution < -0.4 is 10.1 Å². The molecule has 0 heterocycles. The van der Waals surface area contributed by atoms with Gasteiger partial charge in [-0.25, -0.2) is 0 Å². The molecule has 116 valence electrons. The predicted octanol–water partition coefficient (Wildman–Crippen LogP) is 4.78. The third-order valence-corrected chi connectivity index (χ3v) is 4.02. The van der Waals surface area contributed by atoms with Gasteiger partial charge in [0.15, 0.2) is 6.10 Å². The molecule has 0 saturated carbocycles. The van der Waals surface area contributed by atoms with Gasteiger partial charge in [0.25, 0.3) is 5.91 Å². The Labute approximate surface area is 139 Å². The number of nitrogens with one attached hydrogen (secondary N) is 1. The first-order valence-corrected chi connectivity index (χ1v) is 7.97. The number of hydrogen-bond acceptors (Lipinski definition) is 2. The molecule has 0 unspecified atom stereocenters. The minimum absolute atomic E-state index is 0.167. The number of amides is 1. The maximum atomic E-state index is 12.3. The van der Waals surface area contributed by atoms with Crippen molar-refractivity contribution in [1.82, 2.24) is 0 Å². The monoisotopic (exact) mass is 361 g/mol. The van der Waals surface area contributed by atoms with E-state index in [4.69, 9.17) is 4.74 Å². The Bertz CT molecular complexity index is 697. The molecule has 4 heteroatoms. The second-order valence-corrected chi connectivity index (χ2v) is 6.36. The zero-order valence-electron chi connectivity index (χ0n) is 13.2. The fraction of sp³-hybridized carbons (Fsp3) is 0.278. The number of ether oxygens (including phenoxy) is 1. The van der Waals surface area contributed by atoms with Gasteiger partial charge in [-0.1, -0.05) is 23.8 Å². The molecule has 0 radical (unpaired) electrons. The van der Waals surface area contributed by atoms with Crippen LogP contribution in [0.4, 0.5) is 5.69 Å². The lowest BCUT2D eigenvalue weighted by Gasteiger charge is -2.17. The van der Waals surface area contributed by atoms with Gasteiger partial charge in [-0.2, -0.15) is 0 Å². The van der Waals surface area contributed by atoms with Crippen LogP contribution in [0.25, 0.3) is 0 Å². The molecule has 0 aliphatic carbocycles. The number of aryl methyl sites for hydroxylation is 3. The minimum atomic E-state index is -0.584. The second kappa shape index (κ2) is 6.97. The van der Waals surface area contributed by atoms with Gasteiger partial charge in [0.2, 0.25) is 0 Å². The van der Waals surface area contributed by atoms with Gasteiger partial charge < -0.3 is 10.1 Å². The first kappa shape index (κ1) is 16.6. The van der Waals surface area contributed by atoms with Crippen LogP contribution >= 0.6 is 15.9 Å². The van der Waals surface area contributed by atoms with Crippen molar-refractivity contribution in [2.24, 2.45) is 0 Å². The van der Waals surface area contributed by atoms with Crippen LogP contribution in [0.15, 0.2) is 40.9 Å². The van der Waals surface area contributed by atoms with Gasteiger partial charge in [-0.15, -0.1) is 0 Å². The number of carbonyl (C=O) groups excluding carboxylic acids is 1. The third kappa shape index (κ3) is 4.10. The van der Waals surface area contributed by atoms with Crippen molar-refractivity contribution >= 4 is 27.5 Å². The van der Waals surface area contributed by atoms with Crippen molar-refractivity contribution in [2.75, 3.05) is 5.32 Å². The molecule has 0 aliphatic heterocycles. The van der Waals surface area contributed by atoms with E-state index in [0.29, 0.717) is 5.75 Å². The SMILES string of the molecule is Cc1ccc(NC(=O)[C@@H](C)Oc2ccc(C)cc2Br)c(C)c1. The zero-order chi connectivity index (χ0) is 16.3. The van der Waals surface area contributed by atoms with Crippen LogP contribution in [0.5, 0.6) is 5.75 Å². The quantitative estimate of drug-likeness (QED) is 0.850. The molecule has 3 nitrogen and oxygen atoms in total. The van der Waals surface area contributed by atoms with E-state index in [9.17, 15) is 4.79 Å². The van der Waals surface area contributed by atoms with Gasteiger partial charge in [0.05, 0.1) is 4.47 Å². The van der Waals surface area contributed by atoms with Crippen molar-refractivity contribution in [3.8, 4) is 5.75 Å². The van der Waals surface area contributed by atoms with Crippen LogP contribution in [0.2, 0.25) is 0 Å². The van der Waals surface area contributed by atoms with Gasteiger partial charge >= 0.3 is 0 Å². The summed E-state index contributed by atoms with van der Waals surface area (Å²) in [4.78, 5) is 12.3. The Morgan fingerprint density at radius 2 is 1.73 bits per heavy atom. The summed E-state index contributed by atoms with van der Waals surface area (Å²) in [6.45, 7) is 7.75. The topological polar surface area (TPSA) is 38.3 Å². The Hall–Kier alpha value is -1.81. The lowest BCUT2D eigenvalue weighted by atomic mass is 10.1. The summed E-state index contributed by atoms with van der Waals surface area (Å²) >= 11 is 3.45. The summed E-state index contributed by atoms with van der Waals surface area (Å²) in [6.07, 6.45) is -0.584. The molecule has 2 aromatic rings. The molecule has 0 fully saturated rings.